The van der Waals surface area contributed by atoms with Crippen LogP contribution in [0.2, 0.25) is 0 Å². The molecule has 0 saturated heterocycles. The summed E-state index contributed by atoms with van der Waals surface area (Å²) in [5, 5.41) is 11.2. The number of benzene rings is 1. The van der Waals surface area contributed by atoms with Gasteiger partial charge in [-0.05, 0) is 36.4 Å². The van der Waals surface area contributed by atoms with Crippen molar-refractivity contribution in [2.45, 2.75) is 23.9 Å². The van der Waals surface area contributed by atoms with E-state index < -0.39 is 10.0 Å². The van der Waals surface area contributed by atoms with Crippen LogP contribution in [0.3, 0.4) is 0 Å². The van der Waals surface area contributed by atoms with Crippen LogP contribution in [0.25, 0.3) is 11.4 Å². The fourth-order valence-corrected chi connectivity index (χ4v) is 4.93. The predicted molar refractivity (Wildman–Crippen MR) is 119 cm³/mol. The van der Waals surface area contributed by atoms with Crippen LogP contribution in [0.15, 0.2) is 58.8 Å². The Morgan fingerprint density at radius 2 is 1.87 bits per heavy atom. The Hall–Kier alpha value is -2.96. The summed E-state index contributed by atoms with van der Waals surface area (Å²) in [7, 11) is -3.54. The zero-order valence-corrected chi connectivity index (χ0v) is 18.7. The van der Waals surface area contributed by atoms with E-state index in [1.54, 1.807) is 44.4 Å². The number of aromatic nitrogens is 4. The van der Waals surface area contributed by atoms with Gasteiger partial charge < -0.3 is 11.2 Å². The van der Waals surface area contributed by atoms with E-state index >= 15 is 0 Å². The predicted octanol–water partition coefficient (Wildman–Crippen LogP) is 1.82. The van der Waals surface area contributed by atoms with E-state index in [0.717, 1.165) is 11.8 Å². The van der Waals surface area contributed by atoms with Crippen LogP contribution >= 0.6 is 11.8 Å². The molecule has 1 amide bonds. The quantitative estimate of drug-likeness (QED) is 0.364. The van der Waals surface area contributed by atoms with Crippen LogP contribution in [0.5, 0.6) is 0 Å². The molecule has 0 aliphatic heterocycles. The third kappa shape index (κ3) is 5.21. The number of amides is 1. The summed E-state index contributed by atoms with van der Waals surface area (Å²) < 4.78 is 27.7. The van der Waals surface area contributed by atoms with Crippen molar-refractivity contribution in [3.8, 4) is 11.4 Å². The fourth-order valence-electron chi connectivity index (χ4n) is 2.82. The molecule has 0 spiro atoms. The topological polar surface area (TPSA) is 136 Å². The SMILES string of the molecule is CCN(CC)S(=O)(=O)c1ccc(NC(=O)CSc2nnc(-c3cccnc3)n2N)cc1. The van der Waals surface area contributed by atoms with Gasteiger partial charge in [-0.1, -0.05) is 25.6 Å². The molecule has 0 fully saturated rings. The van der Waals surface area contributed by atoms with Crippen LogP contribution in [0, 0.1) is 0 Å². The average molecular weight is 462 g/mol. The molecule has 0 atom stereocenters. The number of carbonyl (C=O) groups is 1. The molecule has 0 bridgehead atoms. The van der Waals surface area contributed by atoms with Crippen LogP contribution in [0.1, 0.15) is 13.8 Å². The number of hydrogen-bond acceptors (Lipinski definition) is 8. The van der Waals surface area contributed by atoms with E-state index in [9.17, 15) is 13.2 Å². The summed E-state index contributed by atoms with van der Waals surface area (Å²) in [5.41, 5.74) is 1.21. The number of thioether (sulfide) groups is 1. The molecule has 12 heteroatoms. The minimum atomic E-state index is -3.54. The van der Waals surface area contributed by atoms with Gasteiger partial charge in [0.2, 0.25) is 21.1 Å². The molecule has 0 aliphatic carbocycles. The molecule has 164 valence electrons. The third-order valence-electron chi connectivity index (χ3n) is 4.40. The highest BCUT2D eigenvalue weighted by atomic mass is 32.2. The molecule has 0 unspecified atom stereocenters. The number of nitrogens with zero attached hydrogens (tertiary/aromatic N) is 5. The molecule has 2 heterocycles. The number of hydrogen-bond donors (Lipinski definition) is 2. The zero-order valence-electron chi connectivity index (χ0n) is 17.1. The minimum absolute atomic E-state index is 0.0574. The monoisotopic (exact) mass is 461 g/mol. The van der Waals surface area contributed by atoms with Gasteiger partial charge >= 0.3 is 0 Å². The van der Waals surface area contributed by atoms with Gasteiger partial charge in [0.05, 0.1) is 10.6 Å². The normalized spacial score (nSPS) is 11.6. The van der Waals surface area contributed by atoms with Crippen LogP contribution in [-0.4, -0.2) is 57.3 Å². The maximum Gasteiger partial charge on any atom is 0.243 e. The van der Waals surface area contributed by atoms with E-state index in [0.29, 0.717) is 35.3 Å². The number of sulfonamides is 1. The number of nitrogens with two attached hydrogens (primary N) is 1. The summed E-state index contributed by atoms with van der Waals surface area (Å²) in [6, 6.07) is 9.66. The first-order valence-corrected chi connectivity index (χ1v) is 11.9. The first-order valence-electron chi connectivity index (χ1n) is 9.50. The zero-order chi connectivity index (χ0) is 22.4. The van der Waals surface area contributed by atoms with Gasteiger partial charge in [-0.25, -0.2) is 13.1 Å². The highest BCUT2D eigenvalue weighted by Crippen LogP contribution is 2.22. The van der Waals surface area contributed by atoms with E-state index in [2.05, 4.69) is 20.5 Å². The highest BCUT2D eigenvalue weighted by molar-refractivity contribution is 7.99. The summed E-state index contributed by atoms with van der Waals surface area (Å²) in [6.45, 7) is 4.36. The van der Waals surface area contributed by atoms with E-state index in [1.165, 1.54) is 21.1 Å². The smallest absolute Gasteiger partial charge is 0.243 e. The van der Waals surface area contributed by atoms with Crippen LogP contribution < -0.4 is 11.2 Å². The fraction of sp³-hybridized carbons (Fsp3) is 0.263. The number of anilines is 1. The van der Waals surface area contributed by atoms with E-state index in [-0.39, 0.29) is 16.6 Å². The number of rotatable bonds is 9. The second-order valence-electron chi connectivity index (χ2n) is 6.37. The van der Waals surface area contributed by atoms with Crippen LogP contribution in [0.4, 0.5) is 5.69 Å². The van der Waals surface area contributed by atoms with Crippen molar-refractivity contribution in [2.24, 2.45) is 0 Å². The third-order valence-corrected chi connectivity index (χ3v) is 7.41. The Morgan fingerprint density at radius 1 is 1.16 bits per heavy atom. The van der Waals surface area contributed by atoms with Crippen molar-refractivity contribution >= 4 is 33.4 Å². The maximum absolute atomic E-state index is 12.5. The highest BCUT2D eigenvalue weighted by Gasteiger charge is 2.21. The second kappa shape index (κ2) is 9.90. The van der Waals surface area contributed by atoms with Gasteiger partial charge in [-0.3, -0.25) is 9.78 Å². The molecular formula is C19H23N7O3S2. The Balaban J connectivity index is 1.60. The lowest BCUT2D eigenvalue weighted by molar-refractivity contribution is -0.113. The number of carbonyl (C=O) groups excluding carboxylic acids is 1. The molecule has 1 aromatic carbocycles. The molecule has 0 radical (unpaired) electrons. The molecule has 3 rings (SSSR count). The van der Waals surface area contributed by atoms with Crippen molar-refractivity contribution < 1.29 is 13.2 Å². The molecular weight excluding hydrogens is 438 g/mol. The average Bonchev–Trinajstić information content (AvgIpc) is 3.14. The van der Waals surface area contributed by atoms with Gasteiger partial charge in [-0.2, -0.15) is 4.31 Å². The summed E-state index contributed by atoms with van der Waals surface area (Å²) >= 11 is 1.14. The first kappa shape index (κ1) is 22.7. The Kier molecular flexibility index (Phi) is 7.25. The van der Waals surface area contributed by atoms with Crippen molar-refractivity contribution in [3.63, 3.8) is 0 Å². The van der Waals surface area contributed by atoms with Gasteiger partial charge in [-0.15, -0.1) is 10.2 Å². The Labute approximate surface area is 184 Å². The first-order chi connectivity index (χ1) is 14.9. The summed E-state index contributed by atoms with van der Waals surface area (Å²) in [4.78, 5) is 16.5. The second-order valence-corrected chi connectivity index (χ2v) is 9.25. The molecule has 3 aromatic rings. The summed E-state index contributed by atoms with van der Waals surface area (Å²) in [6.07, 6.45) is 3.27. The minimum Gasteiger partial charge on any atom is -0.335 e. The lowest BCUT2D eigenvalue weighted by atomic mass is 10.3. The molecule has 2 aromatic heterocycles. The van der Waals surface area contributed by atoms with E-state index in [1.807, 2.05) is 6.07 Å². The standard InChI is InChI=1S/C19H23N7O3S2/c1-3-25(4-2)31(28,29)16-9-7-15(8-10-16)22-17(27)13-30-19-24-23-18(26(19)20)14-6-5-11-21-12-14/h5-12H,3-4,13,20H2,1-2H3,(H,22,27). The molecule has 0 saturated carbocycles. The van der Waals surface area contributed by atoms with E-state index in [4.69, 9.17) is 5.84 Å². The van der Waals surface area contributed by atoms with Crippen molar-refractivity contribution in [1.82, 2.24) is 24.2 Å². The lowest BCUT2D eigenvalue weighted by Gasteiger charge is -2.18. The van der Waals surface area contributed by atoms with Crippen molar-refractivity contribution in [2.75, 3.05) is 30.0 Å². The van der Waals surface area contributed by atoms with Gasteiger partial charge in [0, 0.05) is 36.7 Å². The number of nitrogen functional groups attached to an aromatic ring is 1. The van der Waals surface area contributed by atoms with Crippen molar-refractivity contribution in [3.05, 3.63) is 48.8 Å². The van der Waals surface area contributed by atoms with Gasteiger partial charge in [0.25, 0.3) is 0 Å². The summed E-state index contributed by atoms with van der Waals surface area (Å²) in [5.74, 6) is 6.25. The van der Waals surface area contributed by atoms with Crippen molar-refractivity contribution in [1.29, 1.82) is 0 Å². The largest absolute Gasteiger partial charge is 0.335 e. The molecule has 10 nitrogen and oxygen atoms in total. The Morgan fingerprint density at radius 3 is 2.48 bits per heavy atom. The lowest BCUT2D eigenvalue weighted by Crippen LogP contribution is -2.30. The Bertz CT molecular complexity index is 1130. The van der Waals surface area contributed by atoms with Crippen LogP contribution in [-0.2, 0) is 14.8 Å². The van der Waals surface area contributed by atoms with Gasteiger partial charge in [0.1, 0.15) is 0 Å². The molecule has 0 aliphatic rings. The number of pyridine rings is 1. The molecule has 31 heavy (non-hydrogen) atoms. The molecule has 3 N–H and O–H groups in total. The van der Waals surface area contributed by atoms with Gasteiger partial charge in [0.15, 0.2) is 5.82 Å². The maximum atomic E-state index is 12.5. The number of nitrogens with one attached hydrogen (secondary N) is 1.